The molecule has 6 heteroatoms. The number of oxime groups is 1. The topological polar surface area (TPSA) is 40.0 Å². The summed E-state index contributed by atoms with van der Waals surface area (Å²) in [5, 5.41) is 3.93. The summed E-state index contributed by atoms with van der Waals surface area (Å²) in [7, 11) is 0. The van der Waals surface area contributed by atoms with Gasteiger partial charge in [0.1, 0.15) is 29.2 Å². The van der Waals surface area contributed by atoms with Crippen molar-refractivity contribution in [3.05, 3.63) is 33.8 Å². The Morgan fingerprint density at radius 3 is 2.11 bits per heavy atom. The van der Waals surface area contributed by atoms with Gasteiger partial charge in [-0.2, -0.15) is 0 Å². The second kappa shape index (κ2) is 13.7. The molecule has 0 radical (unpaired) electrons. The SMILES string of the molecule is CC(C)=NOCCCCCCCOc1c(C)cc(OCC=C(Cl)Cl)cc1C. The molecule has 0 heterocycles. The first-order chi connectivity index (χ1) is 12.9. The Bertz CT molecular complexity index is 599. The number of ether oxygens (including phenoxy) is 2. The highest BCUT2D eigenvalue weighted by Crippen LogP contribution is 2.29. The third-order valence-electron chi connectivity index (χ3n) is 3.79. The minimum absolute atomic E-state index is 0.209. The second-order valence-electron chi connectivity index (χ2n) is 6.68. The van der Waals surface area contributed by atoms with E-state index in [2.05, 4.69) is 5.16 Å². The summed E-state index contributed by atoms with van der Waals surface area (Å²) < 4.78 is 11.8. The van der Waals surface area contributed by atoms with E-state index in [1.54, 1.807) is 6.08 Å². The van der Waals surface area contributed by atoms with Crippen LogP contribution >= 0.6 is 23.2 Å². The van der Waals surface area contributed by atoms with Crippen LogP contribution in [0.2, 0.25) is 0 Å². The zero-order valence-corrected chi connectivity index (χ0v) is 18.3. The Morgan fingerprint density at radius 1 is 0.926 bits per heavy atom. The van der Waals surface area contributed by atoms with Crippen molar-refractivity contribution < 1.29 is 14.3 Å². The van der Waals surface area contributed by atoms with Gasteiger partial charge in [0.2, 0.25) is 0 Å². The minimum Gasteiger partial charge on any atom is -0.493 e. The van der Waals surface area contributed by atoms with Gasteiger partial charge < -0.3 is 14.3 Å². The van der Waals surface area contributed by atoms with Gasteiger partial charge >= 0.3 is 0 Å². The van der Waals surface area contributed by atoms with Gasteiger partial charge in [-0.15, -0.1) is 0 Å². The molecule has 1 aromatic carbocycles. The molecule has 0 unspecified atom stereocenters. The molecule has 4 nitrogen and oxygen atoms in total. The lowest BCUT2D eigenvalue weighted by molar-refractivity contribution is 0.139. The molecule has 0 aliphatic carbocycles. The monoisotopic (exact) mass is 415 g/mol. The predicted octanol–water partition coefficient (Wildman–Crippen LogP) is 6.74. The smallest absolute Gasteiger partial charge is 0.125 e. The fourth-order valence-corrected chi connectivity index (χ4v) is 2.70. The van der Waals surface area contributed by atoms with Crippen LogP contribution < -0.4 is 9.47 Å². The quantitative estimate of drug-likeness (QED) is 0.203. The molecule has 152 valence electrons. The number of rotatable bonds is 13. The molecule has 27 heavy (non-hydrogen) atoms. The molecular formula is C21H31Cl2NO3. The molecule has 0 saturated heterocycles. The van der Waals surface area contributed by atoms with E-state index in [1.807, 2.05) is 39.8 Å². The highest BCUT2D eigenvalue weighted by molar-refractivity contribution is 6.55. The van der Waals surface area contributed by atoms with Crippen LogP contribution in [-0.4, -0.2) is 25.5 Å². The Morgan fingerprint density at radius 2 is 1.52 bits per heavy atom. The number of hydrogen-bond donors (Lipinski definition) is 0. The molecule has 0 N–H and O–H groups in total. The molecule has 0 bridgehead atoms. The highest BCUT2D eigenvalue weighted by Gasteiger charge is 2.07. The molecule has 1 rings (SSSR count). The maximum atomic E-state index is 5.98. The van der Waals surface area contributed by atoms with E-state index in [-0.39, 0.29) is 4.49 Å². The van der Waals surface area contributed by atoms with E-state index in [1.165, 1.54) is 6.42 Å². The predicted molar refractivity (Wildman–Crippen MR) is 115 cm³/mol. The lowest BCUT2D eigenvalue weighted by atomic mass is 10.1. The first-order valence-electron chi connectivity index (χ1n) is 9.41. The van der Waals surface area contributed by atoms with E-state index in [9.17, 15) is 0 Å². The van der Waals surface area contributed by atoms with Crippen molar-refractivity contribution in [2.24, 2.45) is 5.16 Å². The van der Waals surface area contributed by atoms with Gasteiger partial charge in [0.05, 0.1) is 12.3 Å². The average molecular weight is 416 g/mol. The van der Waals surface area contributed by atoms with Gasteiger partial charge in [-0.05, 0) is 76.3 Å². The number of hydrogen-bond acceptors (Lipinski definition) is 4. The van der Waals surface area contributed by atoms with Crippen molar-refractivity contribution in [1.29, 1.82) is 0 Å². The molecule has 0 aromatic heterocycles. The molecule has 1 aromatic rings. The van der Waals surface area contributed by atoms with Crippen LogP contribution in [0.15, 0.2) is 27.9 Å². The minimum atomic E-state index is 0.209. The zero-order valence-electron chi connectivity index (χ0n) is 16.8. The van der Waals surface area contributed by atoms with Crippen LogP contribution in [-0.2, 0) is 4.84 Å². The summed E-state index contributed by atoms with van der Waals surface area (Å²) >= 11 is 11.2. The van der Waals surface area contributed by atoms with E-state index in [0.717, 1.165) is 60.6 Å². The van der Waals surface area contributed by atoms with Gasteiger partial charge in [-0.25, -0.2) is 0 Å². The van der Waals surface area contributed by atoms with Gasteiger partial charge in [-0.3, -0.25) is 0 Å². The van der Waals surface area contributed by atoms with Crippen LogP contribution in [0.5, 0.6) is 11.5 Å². The van der Waals surface area contributed by atoms with E-state index >= 15 is 0 Å². The lowest BCUT2D eigenvalue weighted by Crippen LogP contribution is -2.02. The second-order valence-corrected chi connectivity index (χ2v) is 7.69. The number of nitrogens with zero attached hydrogens (tertiary/aromatic N) is 1. The molecule has 0 aliphatic rings. The van der Waals surface area contributed by atoms with Gasteiger partial charge in [-0.1, -0.05) is 41.2 Å². The van der Waals surface area contributed by atoms with Crippen molar-refractivity contribution in [1.82, 2.24) is 0 Å². The lowest BCUT2D eigenvalue weighted by Gasteiger charge is -2.14. The summed E-state index contributed by atoms with van der Waals surface area (Å²) in [6.07, 6.45) is 7.19. The van der Waals surface area contributed by atoms with Crippen LogP contribution in [0.4, 0.5) is 0 Å². The summed E-state index contributed by atoms with van der Waals surface area (Å²) in [6, 6.07) is 3.94. The van der Waals surface area contributed by atoms with Gasteiger partial charge in [0, 0.05) is 0 Å². The van der Waals surface area contributed by atoms with Gasteiger partial charge in [0.15, 0.2) is 0 Å². The Labute approximate surface area is 173 Å². The first kappa shape index (κ1) is 23.6. The largest absolute Gasteiger partial charge is 0.493 e. The fourth-order valence-electron chi connectivity index (χ4n) is 2.57. The molecule has 0 amide bonds. The number of aryl methyl sites for hydroxylation is 2. The van der Waals surface area contributed by atoms with Crippen molar-refractivity contribution in [3.63, 3.8) is 0 Å². The van der Waals surface area contributed by atoms with Crippen LogP contribution in [0.1, 0.15) is 57.1 Å². The highest BCUT2D eigenvalue weighted by atomic mass is 35.5. The number of halogens is 2. The Hall–Kier alpha value is -1.39. The van der Waals surface area contributed by atoms with Crippen LogP contribution in [0, 0.1) is 13.8 Å². The first-order valence-corrected chi connectivity index (χ1v) is 10.2. The summed E-state index contributed by atoms with van der Waals surface area (Å²) in [5.41, 5.74) is 3.08. The zero-order chi connectivity index (χ0) is 20.1. The van der Waals surface area contributed by atoms with Gasteiger partial charge in [0.25, 0.3) is 0 Å². The Balaban J connectivity index is 2.24. The number of unbranched alkanes of at least 4 members (excludes halogenated alkanes) is 4. The summed E-state index contributed by atoms with van der Waals surface area (Å²) in [4.78, 5) is 5.19. The molecule has 0 spiro atoms. The van der Waals surface area contributed by atoms with E-state index in [0.29, 0.717) is 13.2 Å². The summed E-state index contributed by atoms with van der Waals surface area (Å²) in [6.45, 7) is 9.68. The molecule has 0 aliphatic heterocycles. The van der Waals surface area contributed by atoms with Crippen molar-refractivity contribution in [2.75, 3.05) is 19.8 Å². The molecular weight excluding hydrogens is 385 g/mol. The maximum absolute atomic E-state index is 5.98. The van der Waals surface area contributed by atoms with Crippen molar-refractivity contribution >= 4 is 28.9 Å². The van der Waals surface area contributed by atoms with Crippen molar-refractivity contribution in [2.45, 2.75) is 59.8 Å². The standard InChI is InChI=1S/C21H31Cl2NO3/c1-16(2)24-27-12-9-7-5-6-8-11-26-21-17(3)14-19(15-18(21)4)25-13-10-20(22)23/h10,14-15H,5-9,11-13H2,1-4H3. The van der Waals surface area contributed by atoms with E-state index < -0.39 is 0 Å². The fraction of sp³-hybridized carbons (Fsp3) is 0.571. The third kappa shape index (κ3) is 11.1. The normalized spacial score (nSPS) is 10.3. The summed E-state index contributed by atoms with van der Waals surface area (Å²) in [5.74, 6) is 1.72. The maximum Gasteiger partial charge on any atom is 0.125 e. The number of benzene rings is 1. The molecule has 0 atom stereocenters. The van der Waals surface area contributed by atoms with Crippen LogP contribution in [0.3, 0.4) is 0 Å². The average Bonchev–Trinajstić information content (AvgIpc) is 2.58. The third-order valence-corrected chi connectivity index (χ3v) is 4.10. The van der Waals surface area contributed by atoms with Crippen LogP contribution in [0.25, 0.3) is 0 Å². The Kier molecular flexibility index (Phi) is 12.0. The van der Waals surface area contributed by atoms with E-state index in [4.69, 9.17) is 37.5 Å². The molecule has 0 fully saturated rings. The molecule has 0 saturated carbocycles. The van der Waals surface area contributed by atoms with Crippen molar-refractivity contribution in [3.8, 4) is 11.5 Å².